The van der Waals surface area contributed by atoms with Gasteiger partial charge in [-0.25, -0.2) is 9.88 Å². The molecule has 0 aliphatic carbocycles. The number of benzene rings is 3. The predicted octanol–water partition coefficient (Wildman–Crippen LogP) is 4.91. The second kappa shape index (κ2) is 5.89. The Balaban J connectivity index is 1.58. The summed E-state index contributed by atoms with van der Waals surface area (Å²) in [6.45, 7) is 3.95. The molecule has 2 amide bonds. The number of fused-ring (bicyclic) bond motifs is 2. The number of hydrogen-bond acceptors (Lipinski definition) is 4. The van der Waals surface area contributed by atoms with Crippen molar-refractivity contribution in [2.75, 3.05) is 4.90 Å². The van der Waals surface area contributed by atoms with Crippen molar-refractivity contribution < 1.29 is 14.0 Å². The molecule has 0 unspecified atom stereocenters. The van der Waals surface area contributed by atoms with Crippen LogP contribution in [0.25, 0.3) is 22.6 Å². The quantitative estimate of drug-likeness (QED) is 0.472. The van der Waals surface area contributed by atoms with Gasteiger partial charge in [-0.1, -0.05) is 18.2 Å². The zero-order valence-electron chi connectivity index (χ0n) is 15.4. The number of rotatable bonds is 2. The second-order valence-electron chi connectivity index (χ2n) is 6.96. The number of carbonyl (C=O) groups is 2. The minimum absolute atomic E-state index is 0.313. The number of amides is 2. The Bertz CT molecular complexity index is 1250. The molecular weight excluding hydrogens is 352 g/mol. The molecule has 1 aliphatic rings. The molecule has 0 bridgehead atoms. The van der Waals surface area contributed by atoms with Crippen LogP contribution in [0.3, 0.4) is 0 Å². The van der Waals surface area contributed by atoms with Crippen molar-refractivity contribution in [1.82, 2.24) is 4.98 Å². The van der Waals surface area contributed by atoms with E-state index < -0.39 is 0 Å². The van der Waals surface area contributed by atoms with Crippen molar-refractivity contribution in [3.63, 3.8) is 0 Å². The number of aryl methyl sites for hydroxylation is 2. The first-order valence-electron chi connectivity index (χ1n) is 8.99. The van der Waals surface area contributed by atoms with Crippen LogP contribution in [0, 0.1) is 13.8 Å². The number of nitrogens with zero attached hydrogens (tertiary/aromatic N) is 2. The van der Waals surface area contributed by atoms with Crippen LogP contribution >= 0.6 is 0 Å². The molecular formula is C23H16N2O3. The van der Waals surface area contributed by atoms with Crippen LogP contribution in [0.2, 0.25) is 0 Å². The minimum atomic E-state index is -0.332. The Morgan fingerprint density at radius 1 is 0.821 bits per heavy atom. The Hall–Kier alpha value is -3.73. The summed E-state index contributed by atoms with van der Waals surface area (Å²) in [7, 11) is 0. The zero-order valence-corrected chi connectivity index (χ0v) is 15.4. The van der Waals surface area contributed by atoms with Crippen molar-refractivity contribution >= 4 is 28.6 Å². The fourth-order valence-electron chi connectivity index (χ4n) is 3.47. The lowest BCUT2D eigenvalue weighted by Crippen LogP contribution is -2.29. The fourth-order valence-corrected chi connectivity index (χ4v) is 3.47. The number of imide groups is 1. The van der Waals surface area contributed by atoms with E-state index in [9.17, 15) is 9.59 Å². The summed E-state index contributed by atoms with van der Waals surface area (Å²) in [6.07, 6.45) is 0. The number of anilines is 1. The van der Waals surface area contributed by atoms with Gasteiger partial charge in [0.2, 0.25) is 5.89 Å². The summed E-state index contributed by atoms with van der Waals surface area (Å²) in [5, 5.41) is 0. The smallest absolute Gasteiger partial charge is 0.266 e. The lowest BCUT2D eigenvalue weighted by atomic mass is 10.1. The Kier molecular flexibility index (Phi) is 3.46. The van der Waals surface area contributed by atoms with E-state index in [4.69, 9.17) is 4.42 Å². The normalized spacial score (nSPS) is 13.4. The van der Waals surface area contributed by atoms with Gasteiger partial charge >= 0.3 is 0 Å². The molecule has 2 heterocycles. The maximum absolute atomic E-state index is 13.0. The molecule has 0 atom stereocenters. The van der Waals surface area contributed by atoms with Gasteiger partial charge in [0.05, 0.1) is 16.8 Å². The van der Waals surface area contributed by atoms with Crippen LogP contribution in [0.15, 0.2) is 65.1 Å². The first-order chi connectivity index (χ1) is 13.5. The first-order valence-corrected chi connectivity index (χ1v) is 8.99. The number of para-hydroxylation sites is 2. The van der Waals surface area contributed by atoms with E-state index >= 15 is 0 Å². The topological polar surface area (TPSA) is 63.4 Å². The third kappa shape index (κ3) is 2.36. The molecule has 1 aliphatic heterocycles. The van der Waals surface area contributed by atoms with Gasteiger partial charge in [-0.15, -0.1) is 0 Å². The van der Waals surface area contributed by atoms with Crippen LogP contribution in [0.1, 0.15) is 31.8 Å². The molecule has 0 fully saturated rings. The zero-order chi connectivity index (χ0) is 19.4. The minimum Gasteiger partial charge on any atom is -0.436 e. The molecule has 4 aromatic rings. The van der Waals surface area contributed by atoms with Crippen LogP contribution in [0.4, 0.5) is 5.69 Å². The summed E-state index contributed by atoms with van der Waals surface area (Å²) in [5.74, 6) is -0.220. The van der Waals surface area contributed by atoms with Crippen LogP contribution in [0.5, 0.6) is 0 Å². The Morgan fingerprint density at radius 3 is 2.39 bits per heavy atom. The van der Waals surface area contributed by atoms with E-state index in [1.807, 2.05) is 50.2 Å². The number of oxazole rings is 1. The van der Waals surface area contributed by atoms with Crippen LogP contribution in [-0.2, 0) is 0 Å². The van der Waals surface area contributed by atoms with Gasteiger partial charge in [0.15, 0.2) is 5.58 Å². The molecule has 5 rings (SSSR count). The van der Waals surface area contributed by atoms with Crippen molar-refractivity contribution in [3.05, 3.63) is 82.9 Å². The maximum atomic E-state index is 13.0. The third-order valence-corrected chi connectivity index (χ3v) is 5.18. The molecule has 0 N–H and O–H groups in total. The predicted molar refractivity (Wildman–Crippen MR) is 107 cm³/mol. The average molecular weight is 368 g/mol. The van der Waals surface area contributed by atoms with Gasteiger partial charge in [-0.3, -0.25) is 9.59 Å². The fraction of sp³-hybridized carbons (Fsp3) is 0.0870. The van der Waals surface area contributed by atoms with E-state index in [2.05, 4.69) is 4.98 Å². The molecule has 28 heavy (non-hydrogen) atoms. The summed E-state index contributed by atoms with van der Waals surface area (Å²) in [4.78, 5) is 31.6. The van der Waals surface area contributed by atoms with Gasteiger partial charge in [0, 0.05) is 5.56 Å². The highest BCUT2D eigenvalue weighted by atomic mass is 16.3. The first kappa shape index (κ1) is 16.4. The number of carbonyl (C=O) groups excluding carboxylic acids is 2. The van der Waals surface area contributed by atoms with Gasteiger partial charge in [-0.2, -0.15) is 0 Å². The molecule has 0 saturated heterocycles. The van der Waals surface area contributed by atoms with Gasteiger partial charge in [0.25, 0.3) is 11.8 Å². The van der Waals surface area contributed by atoms with E-state index in [0.717, 1.165) is 16.6 Å². The molecule has 1 aromatic heterocycles. The van der Waals surface area contributed by atoms with E-state index in [-0.39, 0.29) is 11.8 Å². The monoisotopic (exact) mass is 368 g/mol. The Morgan fingerprint density at radius 2 is 1.61 bits per heavy atom. The standard InChI is InChI=1S/C23H16N2O3/c1-13-7-9-16(11-14(13)2)25-22(26)17-10-8-15(12-18(17)23(25)27)21-24-19-5-3-4-6-20(19)28-21/h3-12H,1-2H3. The van der Waals surface area contributed by atoms with Crippen molar-refractivity contribution in [2.45, 2.75) is 13.8 Å². The highest BCUT2D eigenvalue weighted by Gasteiger charge is 2.37. The van der Waals surface area contributed by atoms with Gasteiger partial charge < -0.3 is 4.42 Å². The van der Waals surface area contributed by atoms with Crippen molar-refractivity contribution in [1.29, 1.82) is 0 Å². The lowest BCUT2D eigenvalue weighted by Gasteiger charge is -2.15. The summed E-state index contributed by atoms with van der Waals surface area (Å²) < 4.78 is 5.80. The Labute approximate surface area is 161 Å². The van der Waals surface area contributed by atoms with E-state index in [1.165, 1.54) is 4.90 Å². The largest absolute Gasteiger partial charge is 0.436 e. The lowest BCUT2D eigenvalue weighted by molar-refractivity contribution is 0.0926. The van der Waals surface area contributed by atoms with E-state index in [0.29, 0.717) is 33.9 Å². The van der Waals surface area contributed by atoms with Crippen molar-refractivity contribution in [3.8, 4) is 11.5 Å². The second-order valence-corrected chi connectivity index (χ2v) is 6.96. The highest BCUT2D eigenvalue weighted by Crippen LogP contribution is 2.33. The van der Waals surface area contributed by atoms with Gasteiger partial charge in [0.1, 0.15) is 5.52 Å². The maximum Gasteiger partial charge on any atom is 0.266 e. The van der Waals surface area contributed by atoms with E-state index in [1.54, 1.807) is 24.3 Å². The number of aromatic nitrogens is 1. The number of hydrogen-bond donors (Lipinski definition) is 0. The SMILES string of the molecule is Cc1ccc(N2C(=O)c3ccc(-c4nc5ccccc5o4)cc3C2=O)cc1C. The summed E-state index contributed by atoms with van der Waals surface area (Å²) in [6, 6.07) is 18.2. The van der Waals surface area contributed by atoms with Crippen LogP contribution in [-0.4, -0.2) is 16.8 Å². The highest BCUT2D eigenvalue weighted by molar-refractivity contribution is 6.34. The molecule has 5 heteroatoms. The molecule has 3 aromatic carbocycles. The van der Waals surface area contributed by atoms with Crippen LogP contribution < -0.4 is 4.90 Å². The molecule has 0 saturated carbocycles. The summed E-state index contributed by atoms with van der Waals surface area (Å²) in [5.41, 5.74) is 5.57. The van der Waals surface area contributed by atoms with Crippen molar-refractivity contribution in [2.24, 2.45) is 0 Å². The molecule has 5 nitrogen and oxygen atoms in total. The average Bonchev–Trinajstić information content (AvgIpc) is 3.24. The van der Waals surface area contributed by atoms with Gasteiger partial charge in [-0.05, 0) is 67.4 Å². The molecule has 0 radical (unpaired) electrons. The molecule has 136 valence electrons. The summed E-state index contributed by atoms with van der Waals surface area (Å²) >= 11 is 0. The third-order valence-electron chi connectivity index (χ3n) is 5.18. The molecule has 0 spiro atoms.